The molecule has 0 aromatic heterocycles. The smallest absolute Gasteiger partial charge is 0.343 e. The van der Waals surface area contributed by atoms with E-state index in [2.05, 4.69) is 19.9 Å². The van der Waals surface area contributed by atoms with Crippen LogP contribution in [0.15, 0.2) is 42.2 Å². The summed E-state index contributed by atoms with van der Waals surface area (Å²) in [5.74, 6) is 2.80. The predicted molar refractivity (Wildman–Crippen MR) is 133 cm³/mol. The van der Waals surface area contributed by atoms with Crippen molar-refractivity contribution in [2.24, 2.45) is 45.8 Å². The summed E-state index contributed by atoms with van der Waals surface area (Å²) in [6.07, 6.45) is 9.23. The Hall–Kier alpha value is -1.32. The van der Waals surface area contributed by atoms with Gasteiger partial charge in [0, 0.05) is 23.7 Å². The SMILES string of the molecule is CC(=O)[C@H]1CC[C@H]2[C@@H]3C[C@@H]4C(Cl)(Cl)[C@]45C=C(OC(=O)c4ccccc4)CC[C@]5(C)[C@H]3CC[C@]12C. The Morgan fingerprint density at radius 1 is 1.00 bits per heavy atom. The van der Waals surface area contributed by atoms with E-state index in [0.717, 1.165) is 50.7 Å². The highest BCUT2D eigenvalue weighted by Crippen LogP contribution is 2.86. The zero-order valence-corrected chi connectivity index (χ0v) is 21.8. The number of hydrogen-bond acceptors (Lipinski definition) is 3. The number of rotatable bonds is 3. The Bertz CT molecular complexity index is 1080. The maximum absolute atomic E-state index is 12.7. The number of allylic oxidation sites excluding steroid dienone is 2. The van der Waals surface area contributed by atoms with Crippen molar-refractivity contribution >= 4 is 35.0 Å². The van der Waals surface area contributed by atoms with Crippen LogP contribution in [-0.2, 0) is 9.53 Å². The average molecular weight is 501 g/mol. The zero-order chi connectivity index (χ0) is 24.1. The van der Waals surface area contributed by atoms with Crippen molar-refractivity contribution in [2.45, 2.75) is 70.1 Å². The van der Waals surface area contributed by atoms with Crippen LogP contribution in [0.1, 0.15) is 76.1 Å². The normalized spacial score (nSPS) is 45.7. The summed E-state index contributed by atoms with van der Waals surface area (Å²) < 4.78 is 5.05. The van der Waals surface area contributed by atoms with Gasteiger partial charge in [-0.3, -0.25) is 4.79 Å². The molecule has 1 spiro atoms. The predicted octanol–water partition coefficient (Wildman–Crippen LogP) is 7.37. The standard InChI is InChI=1S/C29H34Cl2O3/c1-17(32)21-9-10-22-20-15-24-28(29(24,30)31)16-19(34-25(33)18-7-5-4-6-8-18)11-14-27(28,3)23(20)12-13-26(21,22)2/h4-8,16,20-24H,9-15H2,1-3H3/t20-,21+,22-,23-,24-,26+,27+,28+/m0/s1. The molecule has 0 radical (unpaired) electrons. The number of halogens is 2. The number of carbonyl (C=O) groups is 2. The maximum Gasteiger partial charge on any atom is 0.343 e. The summed E-state index contributed by atoms with van der Waals surface area (Å²) in [5.41, 5.74) is 0.297. The fraction of sp³-hybridized carbons (Fsp3) is 0.655. The monoisotopic (exact) mass is 500 g/mol. The summed E-state index contributed by atoms with van der Waals surface area (Å²) in [5, 5.41) is 0. The largest absolute Gasteiger partial charge is 0.428 e. The summed E-state index contributed by atoms with van der Waals surface area (Å²) >= 11 is 14.3. The summed E-state index contributed by atoms with van der Waals surface area (Å²) in [4.78, 5) is 25.2. The van der Waals surface area contributed by atoms with Crippen LogP contribution in [0.25, 0.3) is 0 Å². The van der Waals surface area contributed by atoms with Crippen LogP contribution in [0.4, 0.5) is 0 Å². The first kappa shape index (κ1) is 23.1. The summed E-state index contributed by atoms with van der Waals surface area (Å²) in [7, 11) is 0. The minimum absolute atomic E-state index is 0.0254. The van der Waals surface area contributed by atoms with Crippen LogP contribution in [0.3, 0.4) is 0 Å². The highest BCUT2D eigenvalue weighted by molar-refractivity contribution is 6.52. The molecule has 1 aromatic rings. The van der Waals surface area contributed by atoms with Gasteiger partial charge in [-0.25, -0.2) is 4.79 Å². The second kappa shape index (κ2) is 7.35. The lowest BCUT2D eigenvalue weighted by Gasteiger charge is -2.59. The molecule has 0 aliphatic heterocycles. The third-order valence-electron chi connectivity index (χ3n) is 11.2. The van der Waals surface area contributed by atoms with Crippen molar-refractivity contribution in [3.63, 3.8) is 0 Å². The van der Waals surface area contributed by atoms with Gasteiger partial charge in [-0.2, -0.15) is 0 Å². The number of fused-ring (bicyclic) bond motifs is 4. The minimum atomic E-state index is -0.834. The molecule has 0 heterocycles. The van der Waals surface area contributed by atoms with E-state index in [0.29, 0.717) is 29.1 Å². The van der Waals surface area contributed by atoms with Gasteiger partial charge in [0.05, 0.1) is 5.56 Å². The quantitative estimate of drug-likeness (QED) is 0.321. The highest BCUT2D eigenvalue weighted by Gasteiger charge is 2.85. The molecule has 182 valence electrons. The lowest BCUT2D eigenvalue weighted by molar-refractivity contribution is -0.131. The Labute approximate surface area is 212 Å². The molecule has 0 unspecified atom stereocenters. The molecule has 34 heavy (non-hydrogen) atoms. The van der Waals surface area contributed by atoms with Crippen molar-refractivity contribution in [2.75, 3.05) is 0 Å². The van der Waals surface area contributed by atoms with Crippen molar-refractivity contribution in [3.05, 3.63) is 47.7 Å². The molecule has 4 saturated carbocycles. The second-order valence-corrected chi connectivity index (χ2v) is 13.6. The number of carbonyl (C=O) groups excluding carboxylic acids is 2. The Kier molecular flexibility index (Phi) is 5.00. The first-order valence-electron chi connectivity index (χ1n) is 12.9. The Morgan fingerprint density at radius 2 is 1.74 bits per heavy atom. The van der Waals surface area contributed by atoms with Crippen LogP contribution in [0, 0.1) is 45.8 Å². The van der Waals surface area contributed by atoms with E-state index in [1.54, 1.807) is 19.1 Å². The van der Waals surface area contributed by atoms with Crippen LogP contribution in [-0.4, -0.2) is 16.1 Å². The van der Waals surface area contributed by atoms with Crippen molar-refractivity contribution < 1.29 is 14.3 Å². The molecule has 5 aliphatic carbocycles. The van der Waals surface area contributed by atoms with Crippen LogP contribution in [0.2, 0.25) is 0 Å². The number of esters is 1. The number of Topliss-reactive ketones (excluding diaryl/α,β-unsaturated/α-hetero) is 1. The third kappa shape index (κ3) is 2.78. The fourth-order valence-corrected chi connectivity index (χ4v) is 10.8. The lowest BCUT2D eigenvalue weighted by atomic mass is 9.45. The molecule has 8 atom stereocenters. The van der Waals surface area contributed by atoms with Gasteiger partial charge < -0.3 is 4.74 Å². The Balaban J connectivity index is 1.32. The van der Waals surface area contributed by atoms with Crippen molar-refractivity contribution in [1.82, 2.24) is 0 Å². The van der Waals surface area contributed by atoms with Gasteiger partial charge in [0.2, 0.25) is 0 Å². The van der Waals surface area contributed by atoms with E-state index >= 15 is 0 Å². The fourth-order valence-electron chi connectivity index (χ4n) is 9.56. The number of alkyl halides is 2. The van der Waals surface area contributed by atoms with Crippen molar-refractivity contribution in [1.29, 1.82) is 0 Å². The summed E-state index contributed by atoms with van der Waals surface area (Å²) in [6, 6.07) is 9.14. The lowest BCUT2D eigenvalue weighted by Crippen LogP contribution is -2.54. The molecule has 0 bridgehead atoms. The van der Waals surface area contributed by atoms with Crippen LogP contribution < -0.4 is 0 Å². The highest BCUT2D eigenvalue weighted by atomic mass is 35.5. The molecular formula is C29H34Cl2O3. The van der Waals surface area contributed by atoms with E-state index in [-0.39, 0.29) is 34.1 Å². The van der Waals surface area contributed by atoms with E-state index < -0.39 is 4.33 Å². The first-order chi connectivity index (χ1) is 16.1. The van der Waals surface area contributed by atoms with Gasteiger partial charge in [0.25, 0.3) is 0 Å². The molecule has 4 fully saturated rings. The first-order valence-corrected chi connectivity index (χ1v) is 13.7. The van der Waals surface area contributed by atoms with E-state index in [1.807, 2.05) is 18.2 Å². The molecular weight excluding hydrogens is 467 g/mol. The van der Waals surface area contributed by atoms with Crippen LogP contribution >= 0.6 is 23.2 Å². The van der Waals surface area contributed by atoms with Crippen molar-refractivity contribution in [3.8, 4) is 0 Å². The topological polar surface area (TPSA) is 43.4 Å². The van der Waals surface area contributed by atoms with E-state index in [4.69, 9.17) is 27.9 Å². The molecule has 0 amide bonds. The van der Waals surface area contributed by atoms with Gasteiger partial charge >= 0.3 is 5.97 Å². The van der Waals surface area contributed by atoms with Gasteiger partial charge in [-0.1, -0.05) is 32.0 Å². The minimum Gasteiger partial charge on any atom is -0.428 e. The third-order valence-corrected chi connectivity index (χ3v) is 12.3. The average Bonchev–Trinajstić information content (AvgIpc) is 3.08. The maximum atomic E-state index is 12.7. The molecule has 3 nitrogen and oxygen atoms in total. The van der Waals surface area contributed by atoms with Gasteiger partial charge in [-0.15, -0.1) is 23.2 Å². The van der Waals surface area contributed by atoms with E-state index in [9.17, 15) is 9.59 Å². The molecule has 1 aromatic carbocycles. The van der Waals surface area contributed by atoms with E-state index in [1.165, 1.54) is 0 Å². The Morgan fingerprint density at radius 3 is 2.44 bits per heavy atom. The van der Waals surface area contributed by atoms with Crippen LogP contribution in [0.5, 0.6) is 0 Å². The second-order valence-electron chi connectivity index (χ2n) is 12.2. The number of ether oxygens (including phenoxy) is 1. The molecule has 0 N–H and O–H groups in total. The van der Waals surface area contributed by atoms with Gasteiger partial charge in [0.1, 0.15) is 15.9 Å². The number of benzene rings is 1. The summed E-state index contributed by atoms with van der Waals surface area (Å²) in [6.45, 7) is 6.56. The molecule has 5 aliphatic rings. The van der Waals surface area contributed by atoms with Gasteiger partial charge in [0.15, 0.2) is 0 Å². The van der Waals surface area contributed by atoms with Gasteiger partial charge in [-0.05, 0) is 92.2 Å². The zero-order valence-electron chi connectivity index (χ0n) is 20.3. The molecule has 5 heteroatoms. The molecule has 6 rings (SSSR count). The number of ketones is 1. The number of hydrogen-bond donors (Lipinski definition) is 0. The molecule has 0 saturated heterocycles.